The highest BCUT2D eigenvalue weighted by Crippen LogP contribution is 2.19. The average molecular weight is 195 g/mol. The predicted octanol–water partition coefficient (Wildman–Crippen LogP) is 0.655. The van der Waals surface area contributed by atoms with Crippen LogP contribution in [0.2, 0.25) is 0 Å². The number of benzene rings is 1. The highest BCUT2D eigenvalue weighted by Gasteiger charge is 2.14. The van der Waals surface area contributed by atoms with Gasteiger partial charge in [-0.1, -0.05) is 12.1 Å². The highest BCUT2D eigenvalue weighted by molar-refractivity contribution is 5.73. The zero-order valence-electron chi connectivity index (χ0n) is 7.90. The third-order valence-corrected chi connectivity index (χ3v) is 2.00. The fraction of sp³-hybridized carbons (Fsp3) is 0.300. The molecule has 0 spiro atoms. The maximum Gasteiger partial charge on any atom is 0.320 e. The quantitative estimate of drug-likeness (QED) is 0.661. The van der Waals surface area contributed by atoms with E-state index in [1.54, 1.807) is 12.1 Å². The van der Waals surface area contributed by atoms with Crippen molar-refractivity contribution in [3.05, 3.63) is 29.3 Å². The fourth-order valence-corrected chi connectivity index (χ4v) is 1.17. The summed E-state index contributed by atoms with van der Waals surface area (Å²) in [5, 5.41) is 18.1. The topological polar surface area (TPSA) is 83.6 Å². The van der Waals surface area contributed by atoms with Gasteiger partial charge in [-0.2, -0.15) is 0 Å². The largest absolute Gasteiger partial charge is 0.508 e. The number of phenols is 1. The number of hydrogen-bond donors (Lipinski definition) is 3. The van der Waals surface area contributed by atoms with E-state index in [-0.39, 0.29) is 12.2 Å². The van der Waals surface area contributed by atoms with Crippen LogP contribution in [0.3, 0.4) is 0 Å². The lowest BCUT2D eigenvalue weighted by Crippen LogP contribution is -2.32. The SMILES string of the molecule is Cc1ccc(CC(N)C(=O)O)c(O)c1. The molecule has 4 nitrogen and oxygen atoms in total. The summed E-state index contributed by atoms with van der Waals surface area (Å²) >= 11 is 0. The lowest BCUT2D eigenvalue weighted by molar-refractivity contribution is -0.138. The number of rotatable bonds is 3. The molecule has 1 aromatic carbocycles. The average Bonchev–Trinajstić information content (AvgIpc) is 2.09. The summed E-state index contributed by atoms with van der Waals surface area (Å²) in [5.41, 5.74) is 6.83. The molecule has 0 radical (unpaired) electrons. The summed E-state index contributed by atoms with van der Waals surface area (Å²) in [6.07, 6.45) is 0.140. The van der Waals surface area contributed by atoms with Crippen molar-refractivity contribution in [2.45, 2.75) is 19.4 Å². The third kappa shape index (κ3) is 2.47. The van der Waals surface area contributed by atoms with Crippen molar-refractivity contribution in [2.24, 2.45) is 5.73 Å². The van der Waals surface area contributed by atoms with Gasteiger partial charge in [0.2, 0.25) is 0 Å². The Hall–Kier alpha value is -1.55. The summed E-state index contributed by atoms with van der Waals surface area (Å²) in [4.78, 5) is 10.5. The number of phenolic OH excluding ortho intramolecular Hbond substituents is 1. The van der Waals surface area contributed by atoms with Gasteiger partial charge in [-0.25, -0.2) is 0 Å². The second-order valence-corrected chi connectivity index (χ2v) is 3.28. The number of aliphatic carboxylic acids is 1. The molecule has 0 aliphatic heterocycles. The number of aromatic hydroxyl groups is 1. The van der Waals surface area contributed by atoms with Gasteiger partial charge in [0.15, 0.2) is 0 Å². The maximum atomic E-state index is 10.5. The Balaban J connectivity index is 2.82. The van der Waals surface area contributed by atoms with Gasteiger partial charge in [0, 0.05) is 6.42 Å². The first-order chi connectivity index (χ1) is 6.50. The molecule has 4 N–H and O–H groups in total. The number of aryl methyl sites for hydroxylation is 1. The Labute approximate surface area is 82.0 Å². The second kappa shape index (κ2) is 4.11. The molecule has 76 valence electrons. The third-order valence-electron chi connectivity index (χ3n) is 2.00. The van der Waals surface area contributed by atoms with Crippen LogP contribution in [-0.2, 0) is 11.2 Å². The zero-order chi connectivity index (χ0) is 10.7. The number of hydrogen-bond acceptors (Lipinski definition) is 3. The molecule has 0 amide bonds. The number of nitrogens with two attached hydrogens (primary N) is 1. The van der Waals surface area contributed by atoms with Crippen molar-refractivity contribution in [3.8, 4) is 5.75 Å². The lowest BCUT2D eigenvalue weighted by Gasteiger charge is -2.08. The van der Waals surface area contributed by atoms with Crippen LogP contribution in [0.1, 0.15) is 11.1 Å². The molecular formula is C10H13NO3. The van der Waals surface area contributed by atoms with Crippen molar-refractivity contribution in [1.29, 1.82) is 0 Å². The fourth-order valence-electron chi connectivity index (χ4n) is 1.17. The Morgan fingerprint density at radius 2 is 2.21 bits per heavy atom. The van der Waals surface area contributed by atoms with Gasteiger partial charge in [0.25, 0.3) is 0 Å². The van der Waals surface area contributed by atoms with E-state index in [0.717, 1.165) is 5.56 Å². The lowest BCUT2D eigenvalue weighted by atomic mass is 10.0. The molecule has 0 heterocycles. The predicted molar refractivity (Wildman–Crippen MR) is 52.2 cm³/mol. The van der Waals surface area contributed by atoms with Crippen LogP contribution < -0.4 is 5.73 Å². The van der Waals surface area contributed by atoms with Crippen molar-refractivity contribution in [2.75, 3.05) is 0 Å². The molecule has 4 heteroatoms. The molecule has 0 bridgehead atoms. The van der Waals surface area contributed by atoms with Gasteiger partial charge < -0.3 is 15.9 Å². The second-order valence-electron chi connectivity index (χ2n) is 3.28. The van der Waals surface area contributed by atoms with E-state index in [0.29, 0.717) is 5.56 Å². The standard InChI is InChI=1S/C10H13NO3/c1-6-2-3-7(9(12)4-6)5-8(11)10(13)14/h2-4,8,12H,5,11H2,1H3,(H,13,14). The van der Waals surface area contributed by atoms with E-state index in [2.05, 4.69) is 0 Å². The molecule has 1 rings (SSSR count). The van der Waals surface area contributed by atoms with Gasteiger partial charge in [-0.15, -0.1) is 0 Å². The summed E-state index contributed by atoms with van der Waals surface area (Å²) in [6, 6.07) is 4.12. The minimum atomic E-state index is -1.06. The summed E-state index contributed by atoms with van der Waals surface area (Å²) < 4.78 is 0. The number of carboxylic acids is 1. The van der Waals surface area contributed by atoms with Gasteiger partial charge in [0.05, 0.1) is 0 Å². The van der Waals surface area contributed by atoms with Crippen molar-refractivity contribution >= 4 is 5.97 Å². The molecule has 1 aromatic rings. The van der Waals surface area contributed by atoms with Gasteiger partial charge in [-0.3, -0.25) is 4.79 Å². The molecule has 0 saturated carbocycles. The van der Waals surface area contributed by atoms with E-state index in [1.807, 2.05) is 13.0 Å². The Kier molecular flexibility index (Phi) is 3.09. The minimum Gasteiger partial charge on any atom is -0.508 e. The summed E-state index contributed by atoms with van der Waals surface area (Å²) in [6.45, 7) is 1.85. The molecule has 14 heavy (non-hydrogen) atoms. The molecule has 0 aliphatic carbocycles. The maximum absolute atomic E-state index is 10.5. The Morgan fingerprint density at radius 1 is 1.57 bits per heavy atom. The van der Waals surface area contributed by atoms with Crippen LogP contribution in [0.4, 0.5) is 0 Å². The van der Waals surface area contributed by atoms with Crippen LogP contribution >= 0.6 is 0 Å². The summed E-state index contributed by atoms with van der Waals surface area (Å²) in [5.74, 6) is -0.966. The molecular weight excluding hydrogens is 182 g/mol. The van der Waals surface area contributed by atoms with Crippen LogP contribution in [0.25, 0.3) is 0 Å². The van der Waals surface area contributed by atoms with Crippen molar-refractivity contribution in [3.63, 3.8) is 0 Å². The van der Waals surface area contributed by atoms with Gasteiger partial charge in [0.1, 0.15) is 11.8 Å². The number of carboxylic acid groups (broad SMARTS) is 1. The van der Waals surface area contributed by atoms with E-state index >= 15 is 0 Å². The van der Waals surface area contributed by atoms with Crippen LogP contribution in [0.15, 0.2) is 18.2 Å². The molecule has 0 aliphatic rings. The summed E-state index contributed by atoms with van der Waals surface area (Å²) in [7, 11) is 0. The normalized spacial score (nSPS) is 12.4. The molecule has 0 fully saturated rings. The monoisotopic (exact) mass is 195 g/mol. The molecule has 1 atom stereocenters. The van der Waals surface area contributed by atoms with E-state index in [4.69, 9.17) is 10.8 Å². The molecule has 0 saturated heterocycles. The van der Waals surface area contributed by atoms with E-state index in [9.17, 15) is 9.90 Å². The van der Waals surface area contributed by atoms with E-state index in [1.165, 1.54) is 0 Å². The Morgan fingerprint density at radius 3 is 2.71 bits per heavy atom. The molecule has 0 aromatic heterocycles. The van der Waals surface area contributed by atoms with Crippen molar-refractivity contribution < 1.29 is 15.0 Å². The molecule has 1 unspecified atom stereocenters. The first-order valence-corrected chi connectivity index (χ1v) is 4.27. The Bertz CT molecular complexity index is 349. The number of carbonyl (C=O) groups is 1. The van der Waals surface area contributed by atoms with Crippen molar-refractivity contribution in [1.82, 2.24) is 0 Å². The minimum absolute atomic E-state index is 0.0988. The highest BCUT2D eigenvalue weighted by atomic mass is 16.4. The van der Waals surface area contributed by atoms with Crippen LogP contribution in [0.5, 0.6) is 5.75 Å². The zero-order valence-corrected chi connectivity index (χ0v) is 7.90. The van der Waals surface area contributed by atoms with Crippen LogP contribution in [-0.4, -0.2) is 22.2 Å². The first kappa shape index (κ1) is 10.5. The van der Waals surface area contributed by atoms with E-state index < -0.39 is 12.0 Å². The smallest absolute Gasteiger partial charge is 0.320 e. The van der Waals surface area contributed by atoms with Gasteiger partial charge >= 0.3 is 5.97 Å². The van der Waals surface area contributed by atoms with Gasteiger partial charge in [-0.05, 0) is 24.1 Å². The first-order valence-electron chi connectivity index (χ1n) is 4.27. The van der Waals surface area contributed by atoms with Crippen LogP contribution in [0, 0.1) is 6.92 Å².